The molecule has 4 N–H and O–H groups in total. The van der Waals surface area contributed by atoms with Crippen LogP contribution in [0.1, 0.15) is 33.3 Å². The number of aliphatic carboxylic acids is 1. The molecule has 12 nitrogen and oxygen atoms in total. The van der Waals surface area contributed by atoms with E-state index in [9.17, 15) is 27.6 Å². The second-order valence-electron chi connectivity index (χ2n) is 10.6. The van der Waals surface area contributed by atoms with Crippen LogP contribution in [-0.2, 0) is 45.1 Å². The molecular weight excluding hydrogens is 745 g/mol. The standard InChI is InChI=1S/C16H14F3N3O2S.C15H14ClNO2S.H2O4S/c1-10-13(20-7-6-14(10)24-9-16(17,18)19)8-25(23)15-21-11-4-2-3-5-12(11)22-15;16-12-4-2-1-3-11(12)14(15(18)19)17-7-5-13-10(9-17)6-8-20-13;1-5(2,3)4/h2-7H,8-9H2,1H3,(H,21,22);1-4,6,8,14H,5,7,9H2,(H,18,19);(H2,1,2,3,4)/t;14-;/m.0./s1. The van der Waals surface area contributed by atoms with Gasteiger partial charge < -0.3 is 14.4 Å². The molecule has 0 saturated carbocycles. The molecular formula is C31H30ClF3N4O8S3. The second kappa shape index (κ2) is 17.0. The van der Waals surface area contributed by atoms with Crippen LogP contribution in [0.3, 0.4) is 0 Å². The Bertz CT molecular complexity index is 1990. The second-order valence-corrected chi connectivity index (χ2v) is 14.3. The van der Waals surface area contributed by atoms with Crippen molar-refractivity contribution in [1.29, 1.82) is 0 Å². The molecule has 0 radical (unpaired) electrons. The summed E-state index contributed by atoms with van der Waals surface area (Å²) in [5.41, 5.74) is 4.19. The first-order valence-electron chi connectivity index (χ1n) is 14.4. The fourth-order valence-corrected chi connectivity index (χ4v) is 7.15. The molecule has 50 heavy (non-hydrogen) atoms. The molecule has 5 aromatic rings. The number of aromatic amines is 1. The number of ether oxygens (including phenoxy) is 1. The van der Waals surface area contributed by atoms with Gasteiger partial charge in [0, 0.05) is 45.9 Å². The largest absolute Gasteiger partial charge is 0.609 e. The fraction of sp³-hybridized carbons (Fsp3) is 0.258. The van der Waals surface area contributed by atoms with Gasteiger partial charge in [0.05, 0.1) is 16.7 Å². The van der Waals surface area contributed by atoms with Crippen molar-refractivity contribution in [2.24, 2.45) is 0 Å². The minimum atomic E-state index is -4.67. The lowest BCUT2D eigenvalue weighted by atomic mass is 10.0. The number of hydrogen-bond acceptors (Lipinski definition) is 9. The monoisotopic (exact) mass is 774 g/mol. The molecule has 2 atom stereocenters. The molecule has 4 heterocycles. The Morgan fingerprint density at radius 1 is 1.16 bits per heavy atom. The van der Waals surface area contributed by atoms with Crippen LogP contribution >= 0.6 is 22.9 Å². The number of thiophene rings is 1. The minimum Gasteiger partial charge on any atom is -0.609 e. The van der Waals surface area contributed by atoms with Gasteiger partial charge in [0.1, 0.15) is 11.8 Å². The minimum absolute atomic E-state index is 0.0227. The molecule has 1 aliphatic heterocycles. The van der Waals surface area contributed by atoms with Crippen molar-refractivity contribution in [2.75, 3.05) is 13.2 Å². The first-order valence-corrected chi connectivity index (χ1v) is 18.4. The van der Waals surface area contributed by atoms with E-state index >= 15 is 0 Å². The van der Waals surface area contributed by atoms with E-state index in [4.69, 9.17) is 33.9 Å². The summed E-state index contributed by atoms with van der Waals surface area (Å²) in [6, 6.07) is 17.2. The SMILES string of the molecule is Cc1c(OCC(F)(F)F)ccnc1C[S+]([O-])c1nc2ccccc2[nH]1.O=C(O)[C@H](c1ccccc1Cl)N1CCc2sccc2C1.O=S(=O)(O)O. The first kappa shape index (κ1) is 39.0. The van der Waals surface area contributed by atoms with Crippen molar-refractivity contribution in [1.82, 2.24) is 19.9 Å². The van der Waals surface area contributed by atoms with E-state index in [1.165, 1.54) is 22.7 Å². The van der Waals surface area contributed by atoms with Gasteiger partial charge in [0.25, 0.3) is 0 Å². The van der Waals surface area contributed by atoms with Crippen LogP contribution in [0.25, 0.3) is 11.0 Å². The van der Waals surface area contributed by atoms with Gasteiger partial charge in [-0.1, -0.05) is 41.9 Å². The molecule has 3 aromatic heterocycles. The summed E-state index contributed by atoms with van der Waals surface area (Å²) in [7, 11) is -4.67. The van der Waals surface area contributed by atoms with Gasteiger partial charge in [-0.25, -0.2) is 0 Å². The molecule has 0 amide bonds. The Morgan fingerprint density at radius 2 is 1.84 bits per heavy atom. The molecule has 268 valence electrons. The lowest BCUT2D eigenvalue weighted by Crippen LogP contribution is -2.37. The highest BCUT2D eigenvalue weighted by Crippen LogP contribution is 2.33. The quantitative estimate of drug-likeness (QED) is 0.100. The number of fused-ring (bicyclic) bond motifs is 2. The van der Waals surface area contributed by atoms with Crippen LogP contribution < -0.4 is 4.74 Å². The smallest absolute Gasteiger partial charge is 0.422 e. The molecule has 1 unspecified atom stereocenters. The van der Waals surface area contributed by atoms with Crippen LogP contribution in [0.15, 0.2) is 77.4 Å². The zero-order valence-electron chi connectivity index (χ0n) is 26.0. The van der Waals surface area contributed by atoms with E-state index < -0.39 is 46.4 Å². The number of imidazole rings is 1. The molecule has 6 rings (SSSR count). The number of pyridine rings is 1. The molecule has 0 bridgehead atoms. The Balaban J connectivity index is 0.000000202. The molecule has 19 heteroatoms. The lowest BCUT2D eigenvalue weighted by molar-refractivity contribution is -0.153. The van der Waals surface area contributed by atoms with E-state index in [1.54, 1.807) is 36.5 Å². The van der Waals surface area contributed by atoms with Crippen molar-refractivity contribution in [3.05, 3.63) is 105 Å². The fourth-order valence-electron chi connectivity index (χ4n) is 4.92. The Kier molecular flexibility index (Phi) is 13.3. The number of H-pyrrole nitrogens is 1. The number of benzene rings is 2. The van der Waals surface area contributed by atoms with E-state index in [-0.39, 0.29) is 11.5 Å². The van der Waals surface area contributed by atoms with E-state index in [0.29, 0.717) is 39.1 Å². The van der Waals surface area contributed by atoms with Crippen molar-refractivity contribution in [2.45, 2.75) is 43.0 Å². The molecule has 0 saturated heterocycles. The summed E-state index contributed by atoms with van der Waals surface area (Å²) in [6.07, 6.45) is -2.18. The van der Waals surface area contributed by atoms with Crippen LogP contribution in [0.5, 0.6) is 5.75 Å². The lowest BCUT2D eigenvalue weighted by Gasteiger charge is -2.32. The van der Waals surface area contributed by atoms with Gasteiger partial charge in [0.2, 0.25) is 0 Å². The molecule has 2 aromatic carbocycles. The number of carbonyl (C=O) groups is 1. The topological polar surface area (TPSA) is 189 Å². The number of nitrogens with zero attached hydrogens (tertiary/aromatic N) is 3. The third kappa shape index (κ3) is 11.4. The van der Waals surface area contributed by atoms with Gasteiger partial charge in [-0.3, -0.25) is 28.8 Å². The predicted octanol–water partition coefficient (Wildman–Crippen LogP) is 6.45. The number of alkyl halides is 3. The third-order valence-corrected chi connectivity index (χ3v) is 9.66. The van der Waals surface area contributed by atoms with E-state index in [1.807, 2.05) is 35.2 Å². The highest BCUT2D eigenvalue weighted by atomic mass is 35.5. The molecule has 0 fully saturated rings. The van der Waals surface area contributed by atoms with Crippen LogP contribution in [0.4, 0.5) is 13.2 Å². The van der Waals surface area contributed by atoms with Gasteiger partial charge in [-0.2, -0.15) is 26.6 Å². The van der Waals surface area contributed by atoms with Crippen molar-refractivity contribution in [3.63, 3.8) is 0 Å². The van der Waals surface area contributed by atoms with E-state index in [2.05, 4.69) is 26.4 Å². The number of aromatic nitrogens is 3. The normalized spacial score (nSPS) is 14.4. The Hall–Kier alpha value is -3.75. The number of carboxylic acids is 1. The highest BCUT2D eigenvalue weighted by molar-refractivity contribution is 7.90. The first-order chi connectivity index (χ1) is 23.5. The maximum absolute atomic E-state index is 12.5. The van der Waals surface area contributed by atoms with E-state index in [0.717, 1.165) is 18.5 Å². The van der Waals surface area contributed by atoms with Gasteiger partial charge >= 0.3 is 27.7 Å². The Labute approximate surface area is 296 Å². The number of rotatable bonds is 8. The summed E-state index contributed by atoms with van der Waals surface area (Å²) < 4.78 is 85.8. The Morgan fingerprint density at radius 3 is 2.50 bits per heavy atom. The summed E-state index contributed by atoms with van der Waals surface area (Å²) in [5, 5.41) is 12.5. The predicted molar refractivity (Wildman–Crippen MR) is 181 cm³/mol. The average Bonchev–Trinajstić information content (AvgIpc) is 3.69. The number of hydrogen-bond donors (Lipinski definition) is 4. The molecule has 0 spiro atoms. The number of halogens is 4. The van der Waals surface area contributed by atoms with Crippen molar-refractivity contribution in [3.8, 4) is 5.75 Å². The highest BCUT2D eigenvalue weighted by Gasteiger charge is 2.32. The maximum Gasteiger partial charge on any atom is 0.422 e. The maximum atomic E-state index is 12.5. The zero-order valence-corrected chi connectivity index (χ0v) is 29.2. The van der Waals surface area contributed by atoms with Gasteiger partial charge in [-0.05, 0) is 60.2 Å². The third-order valence-electron chi connectivity index (χ3n) is 7.14. The summed E-state index contributed by atoms with van der Waals surface area (Å²) in [4.78, 5) is 26.4. The number of carboxylic acid groups (broad SMARTS) is 1. The summed E-state index contributed by atoms with van der Waals surface area (Å²) in [5.74, 6) is -0.754. The van der Waals surface area contributed by atoms with Crippen LogP contribution in [0.2, 0.25) is 5.02 Å². The van der Waals surface area contributed by atoms with Crippen molar-refractivity contribution >= 4 is 61.5 Å². The van der Waals surface area contributed by atoms with Crippen LogP contribution in [-0.4, -0.2) is 72.3 Å². The average molecular weight is 775 g/mol. The number of para-hydroxylation sites is 2. The van der Waals surface area contributed by atoms with Crippen molar-refractivity contribution < 1.29 is 49.9 Å². The van der Waals surface area contributed by atoms with Crippen LogP contribution in [0, 0.1) is 6.92 Å². The van der Waals surface area contributed by atoms with Gasteiger partial charge in [0.15, 0.2) is 12.4 Å². The summed E-state index contributed by atoms with van der Waals surface area (Å²) >= 11 is 6.41. The molecule has 1 aliphatic rings. The summed E-state index contributed by atoms with van der Waals surface area (Å²) in [6.45, 7) is 1.62. The molecule has 0 aliphatic carbocycles. The number of nitrogens with one attached hydrogen (secondary N) is 1. The van der Waals surface area contributed by atoms with Gasteiger partial charge in [-0.15, -0.1) is 11.3 Å². The zero-order chi connectivity index (χ0) is 36.6.